The van der Waals surface area contributed by atoms with E-state index < -0.39 is 12.2 Å². The molecular weight excluding hydrogens is 348 g/mol. The monoisotopic (exact) mass is 392 g/mol. The Morgan fingerprint density at radius 1 is 1.04 bits per heavy atom. The van der Waals surface area contributed by atoms with Crippen LogP contribution in [0.25, 0.3) is 0 Å². The third-order valence-corrected chi connectivity index (χ3v) is 8.34. The van der Waals surface area contributed by atoms with Crippen LogP contribution in [0.1, 0.15) is 86.5 Å². The predicted molar refractivity (Wildman–Crippen MR) is 117 cm³/mol. The summed E-state index contributed by atoms with van der Waals surface area (Å²) in [6.07, 6.45) is 11.9. The van der Waals surface area contributed by atoms with Crippen molar-refractivity contribution in [3.8, 4) is 0 Å². The summed E-state index contributed by atoms with van der Waals surface area (Å²) in [5.41, 5.74) is 1.62. The Morgan fingerprint density at radius 2 is 1.64 bits per heavy atom. The molecule has 0 saturated heterocycles. The summed E-state index contributed by atoms with van der Waals surface area (Å²) >= 11 is 0. The fourth-order valence-corrected chi connectivity index (χ4v) is 5.48. The minimum atomic E-state index is -0.406. The molecule has 0 amide bonds. The fourth-order valence-electron chi connectivity index (χ4n) is 5.48. The maximum Gasteiger partial charge on any atom is 0.0602 e. The van der Waals surface area contributed by atoms with Gasteiger partial charge in [-0.1, -0.05) is 65.3 Å². The van der Waals surface area contributed by atoms with E-state index in [1.165, 1.54) is 12.8 Å². The molecule has 162 valence electrons. The highest BCUT2D eigenvalue weighted by Gasteiger charge is 2.52. The molecule has 3 N–H and O–H groups in total. The second-order valence-corrected chi connectivity index (χ2v) is 10.7. The lowest BCUT2D eigenvalue weighted by Gasteiger charge is -2.46. The number of hydrogen-bond acceptors (Lipinski definition) is 3. The van der Waals surface area contributed by atoms with Gasteiger partial charge in [-0.15, -0.1) is 0 Å². The van der Waals surface area contributed by atoms with Crippen molar-refractivity contribution < 1.29 is 15.3 Å². The van der Waals surface area contributed by atoms with E-state index in [0.29, 0.717) is 37.0 Å². The van der Waals surface area contributed by atoms with Gasteiger partial charge in [0.05, 0.1) is 18.3 Å². The Kier molecular flexibility index (Phi) is 7.98. The molecule has 2 fully saturated rings. The molecule has 2 aliphatic rings. The van der Waals surface area contributed by atoms with Gasteiger partial charge >= 0.3 is 0 Å². The third-order valence-electron chi connectivity index (χ3n) is 8.34. The molecule has 0 unspecified atom stereocenters. The SMILES string of the molecule is CC(C)[C@@H](O)CC[C@H](C)[C@@]1(C)CC[C@@H](/C=C/C=C2C[C@@H](O)C[C@H](O)C2)C1(C)C. The van der Waals surface area contributed by atoms with Crippen molar-refractivity contribution in [2.24, 2.45) is 28.6 Å². The van der Waals surface area contributed by atoms with Crippen molar-refractivity contribution in [1.82, 2.24) is 0 Å². The summed E-state index contributed by atoms with van der Waals surface area (Å²) in [4.78, 5) is 0. The summed E-state index contributed by atoms with van der Waals surface area (Å²) in [5.74, 6) is 1.44. The normalized spacial score (nSPS) is 35.5. The Hall–Kier alpha value is -0.640. The average Bonchev–Trinajstić information content (AvgIpc) is 2.82. The molecule has 0 spiro atoms. The van der Waals surface area contributed by atoms with E-state index in [2.05, 4.69) is 59.8 Å². The lowest BCUT2D eigenvalue weighted by atomic mass is 9.59. The highest BCUT2D eigenvalue weighted by molar-refractivity contribution is 5.19. The van der Waals surface area contributed by atoms with Gasteiger partial charge in [-0.2, -0.15) is 0 Å². The highest BCUT2D eigenvalue weighted by Crippen LogP contribution is 2.60. The Balaban J connectivity index is 2.01. The molecule has 28 heavy (non-hydrogen) atoms. The topological polar surface area (TPSA) is 60.7 Å². The van der Waals surface area contributed by atoms with E-state index in [0.717, 1.165) is 18.4 Å². The number of allylic oxidation sites excluding steroid dienone is 3. The third kappa shape index (κ3) is 5.29. The first kappa shape index (κ1) is 23.6. The first-order chi connectivity index (χ1) is 13.0. The molecule has 3 heteroatoms. The van der Waals surface area contributed by atoms with E-state index in [1.807, 2.05) is 0 Å². The van der Waals surface area contributed by atoms with Gasteiger partial charge in [0.15, 0.2) is 0 Å². The molecule has 0 aromatic carbocycles. The lowest BCUT2D eigenvalue weighted by molar-refractivity contribution is 0.0277. The Labute approximate surface area is 172 Å². The van der Waals surface area contributed by atoms with Crippen LogP contribution in [0.3, 0.4) is 0 Å². The van der Waals surface area contributed by atoms with Crippen molar-refractivity contribution >= 4 is 0 Å². The van der Waals surface area contributed by atoms with Gasteiger partial charge in [0.25, 0.3) is 0 Å². The van der Waals surface area contributed by atoms with Crippen molar-refractivity contribution in [1.29, 1.82) is 0 Å². The molecule has 2 rings (SSSR count). The van der Waals surface area contributed by atoms with E-state index >= 15 is 0 Å². The summed E-state index contributed by atoms with van der Waals surface area (Å²) in [5, 5.41) is 29.9. The van der Waals surface area contributed by atoms with Crippen LogP contribution in [-0.4, -0.2) is 33.6 Å². The highest BCUT2D eigenvalue weighted by atomic mass is 16.3. The maximum atomic E-state index is 10.2. The summed E-state index contributed by atoms with van der Waals surface area (Å²) < 4.78 is 0. The second-order valence-electron chi connectivity index (χ2n) is 10.7. The number of aliphatic hydroxyl groups is 3. The summed E-state index contributed by atoms with van der Waals surface area (Å²) in [7, 11) is 0. The molecule has 2 saturated carbocycles. The minimum absolute atomic E-state index is 0.195. The van der Waals surface area contributed by atoms with E-state index in [-0.39, 0.29) is 16.9 Å². The predicted octanol–water partition coefficient (Wildman–Crippen LogP) is 5.25. The zero-order valence-electron chi connectivity index (χ0n) is 19.0. The van der Waals surface area contributed by atoms with Crippen LogP contribution in [0.5, 0.6) is 0 Å². The van der Waals surface area contributed by atoms with Crippen LogP contribution in [0.4, 0.5) is 0 Å². The molecule has 0 bridgehead atoms. The van der Waals surface area contributed by atoms with Gasteiger partial charge < -0.3 is 15.3 Å². The van der Waals surface area contributed by atoms with Crippen LogP contribution in [0.2, 0.25) is 0 Å². The lowest BCUT2D eigenvalue weighted by Crippen LogP contribution is -2.39. The van der Waals surface area contributed by atoms with Gasteiger partial charge in [0, 0.05) is 0 Å². The Morgan fingerprint density at radius 3 is 2.21 bits per heavy atom. The van der Waals surface area contributed by atoms with E-state index in [4.69, 9.17) is 0 Å². The zero-order valence-corrected chi connectivity index (χ0v) is 19.0. The fraction of sp³-hybridized carbons (Fsp3) is 0.840. The molecule has 0 aromatic rings. The van der Waals surface area contributed by atoms with Crippen molar-refractivity contribution in [3.05, 3.63) is 23.8 Å². The number of aliphatic hydroxyl groups excluding tert-OH is 3. The van der Waals surface area contributed by atoms with Crippen LogP contribution in [0, 0.1) is 28.6 Å². The molecule has 3 nitrogen and oxygen atoms in total. The van der Waals surface area contributed by atoms with Crippen molar-refractivity contribution in [3.63, 3.8) is 0 Å². The molecule has 0 aromatic heterocycles. The first-order valence-corrected chi connectivity index (χ1v) is 11.4. The summed E-state index contributed by atoms with van der Waals surface area (Å²) in [6.45, 7) is 13.8. The largest absolute Gasteiger partial charge is 0.393 e. The average molecular weight is 393 g/mol. The second kappa shape index (κ2) is 9.45. The molecule has 2 aliphatic carbocycles. The van der Waals surface area contributed by atoms with Crippen LogP contribution in [-0.2, 0) is 0 Å². The van der Waals surface area contributed by atoms with Gasteiger partial charge in [-0.05, 0) is 73.5 Å². The van der Waals surface area contributed by atoms with Crippen LogP contribution >= 0.6 is 0 Å². The molecule has 0 radical (unpaired) electrons. The van der Waals surface area contributed by atoms with Gasteiger partial charge in [0.1, 0.15) is 0 Å². The molecular formula is C25H44O3. The van der Waals surface area contributed by atoms with Gasteiger partial charge in [-0.3, -0.25) is 0 Å². The molecule has 0 heterocycles. The van der Waals surface area contributed by atoms with Crippen LogP contribution in [0.15, 0.2) is 23.8 Å². The smallest absolute Gasteiger partial charge is 0.0602 e. The van der Waals surface area contributed by atoms with Crippen LogP contribution < -0.4 is 0 Å². The number of rotatable bonds is 7. The number of hydrogen-bond donors (Lipinski definition) is 3. The van der Waals surface area contributed by atoms with Crippen molar-refractivity contribution in [2.45, 2.75) is 105 Å². The summed E-state index contributed by atoms with van der Waals surface area (Å²) in [6, 6.07) is 0. The van der Waals surface area contributed by atoms with Gasteiger partial charge in [-0.25, -0.2) is 0 Å². The first-order valence-electron chi connectivity index (χ1n) is 11.4. The van der Waals surface area contributed by atoms with E-state index in [1.54, 1.807) is 0 Å². The van der Waals surface area contributed by atoms with Gasteiger partial charge in [0.2, 0.25) is 0 Å². The standard InChI is InChI=1S/C25H44O3/c1-17(2)23(28)11-10-18(3)25(6)13-12-20(24(25,4)5)9-7-8-19-14-21(26)16-22(27)15-19/h7-9,17-18,20-23,26-28H,10-16H2,1-6H3/b9-7+/t18-,20+,21+,22+,23-,25+/m0/s1. The quantitative estimate of drug-likeness (QED) is 0.554. The molecule has 6 atom stereocenters. The minimum Gasteiger partial charge on any atom is -0.393 e. The van der Waals surface area contributed by atoms with Crippen molar-refractivity contribution in [2.75, 3.05) is 0 Å². The Bertz CT molecular complexity index is 550. The maximum absolute atomic E-state index is 10.2. The van der Waals surface area contributed by atoms with E-state index in [9.17, 15) is 15.3 Å². The molecule has 0 aliphatic heterocycles. The zero-order chi connectivity index (χ0) is 21.1.